The van der Waals surface area contributed by atoms with Gasteiger partial charge < -0.3 is 30.8 Å². The van der Waals surface area contributed by atoms with Crippen LogP contribution < -0.4 is 15.1 Å². The van der Waals surface area contributed by atoms with Gasteiger partial charge in [-0.3, -0.25) is 0 Å². The summed E-state index contributed by atoms with van der Waals surface area (Å²) in [5.74, 6) is 2.50. The number of nitrogens with one attached hydrogen (secondary N) is 1. The maximum atomic E-state index is 9.75. The zero-order valence-electron chi connectivity index (χ0n) is 15.9. The molecule has 0 saturated heterocycles. The van der Waals surface area contributed by atoms with Gasteiger partial charge in [0.1, 0.15) is 17.1 Å². The molecule has 0 aliphatic rings. The van der Waals surface area contributed by atoms with Crippen molar-refractivity contribution in [3.05, 3.63) is 84.1 Å². The van der Waals surface area contributed by atoms with Crippen molar-refractivity contribution in [3.63, 3.8) is 0 Å². The number of rotatable bonds is 4. The number of fused-ring (bicyclic) bond motifs is 1. The molecule has 0 saturated carbocycles. The topological polar surface area (TPSA) is 49.5 Å². The summed E-state index contributed by atoms with van der Waals surface area (Å²) in [5.41, 5.74) is 1.82. The molecule has 2 aromatic heterocycles. The second-order valence-corrected chi connectivity index (χ2v) is 6.18. The van der Waals surface area contributed by atoms with Crippen molar-refractivity contribution >= 4 is 18.2 Å². The van der Waals surface area contributed by atoms with E-state index in [4.69, 9.17) is 13.6 Å². The summed E-state index contributed by atoms with van der Waals surface area (Å²) >= 11 is 0. The highest BCUT2D eigenvalue weighted by atomic mass is 19.5. The van der Waals surface area contributed by atoms with Crippen LogP contribution in [0.15, 0.2) is 81.8 Å². The van der Waals surface area contributed by atoms with Crippen molar-refractivity contribution in [2.75, 3.05) is 7.11 Å². The number of para-hydroxylation sites is 1. The van der Waals surface area contributed by atoms with E-state index in [0.29, 0.717) is 6.54 Å². The maximum Gasteiger partial charge on any atom is 0.673 e. The minimum absolute atomic E-state index is 0.614. The van der Waals surface area contributed by atoms with Crippen LogP contribution in [0.25, 0.3) is 22.3 Å². The van der Waals surface area contributed by atoms with E-state index in [2.05, 4.69) is 4.99 Å². The summed E-state index contributed by atoms with van der Waals surface area (Å²) in [6.45, 7) is 0.614. The van der Waals surface area contributed by atoms with Gasteiger partial charge in [0.2, 0.25) is 5.36 Å². The molecule has 4 nitrogen and oxygen atoms in total. The lowest BCUT2D eigenvalue weighted by molar-refractivity contribution is -0.519. The summed E-state index contributed by atoms with van der Waals surface area (Å²) in [4.78, 5) is 3.44. The van der Waals surface area contributed by atoms with E-state index in [-0.39, 0.29) is 0 Å². The standard InChI is InChI=1S/C21H17NO3.BF4/c1-23-16-10-8-15(9-11-16)21-13-19(22-14-17-5-4-12-24-17)18-6-2-3-7-20(18)25-21;2-1(3,4)5/h2-13H,14H2,1H3;/q;-1/p+1. The first kappa shape index (κ1) is 21.2. The second kappa shape index (κ2) is 9.34. The van der Waals surface area contributed by atoms with Crippen molar-refractivity contribution in [2.24, 2.45) is 0 Å². The van der Waals surface area contributed by atoms with Gasteiger partial charge >= 0.3 is 7.25 Å². The van der Waals surface area contributed by atoms with Gasteiger partial charge in [-0.1, -0.05) is 12.1 Å². The number of hydrogen-bond acceptors (Lipinski definition) is 3. The Morgan fingerprint density at radius 1 is 0.933 bits per heavy atom. The number of ether oxygens (including phenoxy) is 1. The van der Waals surface area contributed by atoms with Gasteiger partial charge in [-0.05, 0) is 48.5 Å². The molecule has 0 aliphatic carbocycles. The lowest BCUT2D eigenvalue weighted by Gasteiger charge is -2.04. The first-order valence-corrected chi connectivity index (χ1v) is 8.97. The minimum Gasteiger partial charge on any atom is -0.497 e. The Labute approximate surface area is 169 Å². The normalized spacial score (nSPS) is 11.8. The highest BCUT2D eigenvalue weighted by Gasteiger charge is 2.20. The third kappa shape index (κ3) is 6.00. The lowest BCUT2D eigenvalue weighted by atomic mass is 10.1. The third-order valence-corrected chi connectivity index (χ3v) is 4.08. The Balaban J connectivity index is 0.000000461. The molecule has 9 heteroatoms. The van der Waals surface area contributed by atoms with E-state index in [1.165, 1.54) is 0 Å². The van der Waals surface area contributed by atoms with Gasteiger partial charge in [0.25, 0.3) is 0 Å². The van der Waals surface area contributed by atoms with Gasteiger partial charge in [-0.25, -0.2) is 4.99 Å². The van der Waals surface area contributed by atoms with E-state index in [1.807, 2.05) is 66.7 Å². The molecule has 0 amide bonds. The Morgan fingerprint density at radius 3 is 2.27 bits per heavy atom. The van der Waals surface area contributed by atoms with Crippen LogP contribution in [0.1, 0.15) is 5.76 Å². The SMILES string of the molecule is COc1ccc(-c2cc(=[NH+]Cc3ccco3)c3ccccc3o2)cc1.F[B-](F)(F)F. The number of halogens is 4. The molecule has 0 atom stereocenters. The smallest absolute Gasteiger partial charge is 0.497 e. The Bertz CT molecular complexity index is 1150. The second-order valence-electron chi connectivity index (χ2n) is 6.18. The maximum absolute atomic E-state index is 9.75. The predicted molar refractivity (Wildman–Crippen MR) is 105 cm³/mol. The van der Waals surface area contributed by atoms with Crippen LogP contribution in [-0.2, 0) is 6.54 Å². The van der Waals surface area contributed by atoms with Gasteiger partial charge in [0, 0.05) is 5.56 Å². The number of furan rings is 1. The van der Waals surface area contributed by atoms with Gasteiger partial charge in [-0.2, -0.15) is 0 Å². The molecule has 0 fully saturated rings. The monoisotopic (exact) mass is 419 g/mol. The van der Waals surface area contributed by atoms with Crippen LogP contribution in [0.3, 0.4) is 0 Å². The highest BCUT2D eigenvalue weighted by molar-refractivity contribution is 6.50. The summed E-state index contributed by atoms with van der Waals surface area (Å²) in [6, 6.07) is 21.7. The summed E-state index contributed by atoms with van der Waals surface area (Å²) in [5, 5.41) is 2.04. The van der Waals surface area contributed by atoms with Crippen molar-refractivity contribution < 1.29 is 35.8 Å². The zero-order chi connectivity index (χ0) is 21.6. The van der Waals surface area contributed by atoms with E-state index in [0.717, 1.165) is 39.2 Å². The van der Waals surface area contributed by atoms with Crippen molar-refractivity contribution in [2.45, 2.75) is 6.54 Å². The molecule has 0 unspecified atom stereocenters. The first-order chi connectivity index (χ1) is 14.3. The molecule has 1 N–H and O–H groups in total. The fourth-order valence-electron chi connectivity index (χ4n) is 2.77. The molecule has 156 valence electrons. The molecular formula is C21H18BF4NO3. The highest BCUT2D eigenvalue weighted by Crippen LogP contribution is 2.23. The first-order valence-electron chi connectivity index (χ1n) is 8.97. The fraction of sp³-hybridized carbons (Fsp3) is 0.0952. The van der Waals surface area contributed by atoms with Crippen molar-refractivity contribution in [1.29, 1.82) is 0 Å². The average Bonchev–Trinajstić information content (AvgIpc) is 3.24. The molecule has 0 spiro atoms. The predicted octanol–water partition coefficient (Wildman–Crippen LogP) is 4.18. The van der Waals surface area contributed by atoms with E-state index >= 15 is 0 Å². The fourth-order valence-corrected chi connectivity index (χ4v) is 2.77. The van der Waals surface area contributed by atoms with Crippen LogP contribution in [0.4, 0.5) is 17.3 Å². The molecule has 0 aliphatic heterocycles. The number of methoxy groups -OCH3 is 1. The molecular weight excluding hydrogens is 401 g/mol. The van der Waals surface area contributed by atoms with Crippen LogP contribution in [-0.4, -0.2) is 14.4 Å². The Kier molecular flexibility index (Phi) is 6.61. The molecule has 0 bridgehead atoms. The lowest BCUT2D eigenvalue weighted by Crippen LogP contribution is -2.74. The number of hydrogen-bond donors (Lipinski definition) is 1. The summed E-state index contributed by atoms with van der Waals surface area (Å²) in [7, 11) is -4.34. The van der Waals surface area contributed by atoms with Crippen LogP contribution in [0, 0.1) is 0 Å². The van der Waals surface area contributed by atoms with E-state index < -0.39 is 7.25 Å². The van der Waals surface area contributed by atoms with E-state index in [1.54, 1.807) is 13.4 Å². The van der Waals surface area contributed by atoms with Gasteiger partial charge in [0.15, 0.2) is 12.3 Å². The molecule has 2 aromatic carbocycles. The molecule has 4 rings (SSSR count). The third-order valence-electron chi connectivity index (χ3n) is 4.08. The Hall–Kier alpha value is -3.49. The molecule has 0 radical (unpaired) electrons. The molecule has 30 heavy (non-hydrogen) atoms. The van der Waals surface area contributed by atoms with Crippen molar-refractivity contribution in [3.8, 4) is 17.1 Å². The van der Waals surface area contributed by atoms with E-state index in [9.17, 15) is 17.3 Å². The van der Waals surface area contributed by atoms with Crippen molar-refractivity contribution in [1.82, 2.24) is 0 Å². The summed E-state index contributed by atoms with van der Waals surface area (Å²) < 4.78 is 55.7. The molecule has 4 aromatic rings. The number of benzene rings is 2. The average molecular weight is 419 g/mol. The summed E-state index contributed by atoms with van der Waals surface area (Å²) in [6.07, 6.45) is 1.68. The van der Waals surface area contributed by atoms with Crippen LogP contribution in [0.5, 0.6) is 5.75 Å². The van der Waals surface area contributed by atoms with Crippen LogP contribution >= 0.6 is 0 Å². The minimum atomic E-state index is -6.00. The van der Waals surface area contributed by atoms with Gasteiger partial charge in [0.05, 0.1) is 24.8 Å². The quantitative estimate of drug-likeness (QED) is 0.399. The Morgan fingerprint density at radius 2 is 1.63 bits per heavy atom. The molecule has 2 heterocycles. The van der Waals surface area contributed by atoms with Crippen LogP contribution in [0.2, 0.25) is 0 Å². The largest absolute Gasteiger partial charge is 0.673 e. The zero-order valence-corrected chi connectivity index (χ0v) is 15.9. The van der Waals surface area contributed by atoms with Gasteiger partial charge in [-0.15, -0.1) is 0 Å².